The summed E-state index contributed by atoms with van der Waals surface area (Å²) in [7, 11) is 1.28. The van der Waals surface area contributed by atoms with Crippen LogP contribution in [0.2, 0.25) is 0 Å². The summed E-state index contributed by atoms with van der Waals surface area (Å²) in [5.41, 5.74) is 5.94. The monoisotopic (exact) mass is 308 g/mol. The first kappa shape index (κ1) is 10.5. The first-order valence-corrected chi connectivity index (χ1v) is 4.84. The quantitative estimate of drug-likeness (QED) is 0.636. The van der Waals surface area contributed by atoms with Crippen molar-refractivity contribution in [3.63, 3.8) is 0 Å². The number of carbonyl (C=O) groups excluding carboxylic acids is 1. The Kier molecular flexibility index (Phi) is 3.27. The Morgan fingerprint density at radius 2 is 2.23 bits per heavy atom. The fourth-order valence-corrected chi connectivity index (χ4v) is 1.37. The molecule has 1 rings (SSSR count). The number of nitrogens with two attached hydrogens (primary N) is 1. The van der Waals surface area contributed by atoms with Crippen LogP contribution in [0.25, 0.3) is 0 Å². The third-order valence-electron chi connectivity index (χ3n) is 1.34. The summed E-state index contributed by atoms with van der Waals surface area (Å²) in [5.74, 6) is -0.550. The van der Waals surface area contributed by atoms with E-state index in [0.717, 1.165) is 0 Å². The van der Waals surface area contributed by atoms with Crippen LogP contribution in [0.3, 0.4) is 0 Å². The van der Waals surface area contributed by atoms with E-state index in [1.165, 1.54) is 7.11 Å². The van der Waals surface area contributed by atoms with E-state index in [1.54, 1.807) is 6.07 Å². The molecule has 1 aromatic heterocycles. The number of esters is 1. The average Bonchev–Trinajstić information content (AvgIpc) is 2.10. The highest BCUT2D eigenvalue weighted by Crippen LogP contribution is 2.25. The predicted molar refractivity (Wildman–Crippen MR) is 55.4 cm³/mol. The summed E-state index contributed by atoms with van der Waals surface area (Å²) in [6.45, 7) is 0. The van der Waals surface area contributed by atoms with Crippen LogP contribution < -0.4 is 5.73 Å². The summed E-state index contributed by atoms with van der Waals surface area (Å²) in [6.07, 6.45) is 0. The van der Waals surface area contributed by atoms with Crippen molar-refractivity contribution in [3.8, 4) is 0 Å². The highest BCUT2D eigenvalue weighted by molar-refractivity contribution is 9.13. The van der Waals surface area contributed by atoms with E-state index < -0.39 is 5.97 Å². The molecule has 1 heterocycles. The molecule has 70 valence electrons. The first-order valence-electron chi connectivity index (χ1n) is 3.26. The second-order valence-corrected chi connectivity index (χ2v) is 3.80. The second-order valence-electron chi connectivity index (χ2n) is 2.19. The van der Waals surface area contributed by atoms with Gasteiger partial charge in [-0.15, -0.1) is 0 Å². The van der Waals surface area contributed by atoms with Crippen LogP contribution in [0.4, 0.5) is 5.69 Å². The smallest absolute Gasteiger partial charge is 0.358 e. The van der Waals surface area contributed by atoms with E-state index in [1.807, 2.05) is 0 Å². The van der Waals surface area contributed by atoms with Gasteiger partial charge in [0.2, 0.25) is 0 Å². The number of carbonyl (C=O) groups is 1. The van der Waals surface area contributed by atoms with Crippen molar-refractivity contribution in [2.24, 2.45) is 0 Å². The largest absolute Gasteiger partial charge is 0.464 e. The van der Waals surface area contributed by atoms with E-state index in [0.29, 0.717) is 9.08 Å². The fraction of sp³-hybridized carbons (Fsp3) is 0.143. The van der Waals surface area contributed by atoms with E-state index in [-0.39, 0.29) is 11.4 Å². The molecule has 6 heteroatoms. The summed E-state index contributed by atoms with van der Waals surface area (Å²) in [6, 6.07) is 1.59. The van der Waals surface area contributed by atoms with Gasteiger partial charge in [-0.1, -0.05) is 0 Å². The zero-order valence-electron chi connectivity index (χ0n) is 6.67. The van der Waals surface area contributed by atoms with Crippen molar-refractivity contribution in [2.45, 2.75) is 0 Å². The van der Waals surface area contributed by atoms with Gasteiger partial charge in [-0.2, -0.15) is 0 Å². The van der Waals surface area contributed by atoms with Crippen LogP contribution in [0.5, 0.6) is 0 Å². The molecule has 0 atom stereocenters. The molecule has 4 nitrogen and oxygen atoms in total. The van der Waals surface area contributed by atoms with Crippen molar-refractivity contribution in [1.82, 2.24) is 4.98 Å². The lowest BCUT2D eigenvalue weighted by Crippen LogP contribution is -2.08. The van der Waals surface area contributed by atoms with Crippen LogP contribution in [-0.2, 0) is 4.74 Å². The Hall–Kier alpha value is -0.620. The van der Waals surface area contributed by atoms with Gasteiger partial charge in [-0.25, -0.2) is 9.78 Å². The Morgan fingerprint density at radius 3 is 2.77 bits per heavy atom. The SMILES string of the molecule is COC(=O)c1nc(Br)c(Br)cc1N. The second kappa shape index (κ2) is 4.06. The number of halogens is 2. The molecule has 0 radical (unpaired) electrons. The predicted octanol–water partition coefficient (Wildman–Crippen LogP) is 1.98. The van der Waals surface area contributed by atoms with E-state index >= 15 is 0 Å². The molecule has 0 aliphatic heterocycles. The molecule has 0 amide bonds. The van der Waals surface area contributed by atoms with Gasteiger partial charge in [0.05, 0.1) is 17.3 Å². The van der Waals surface area contributed by atoms with Crippen LogP contribution in [0.15, 0.2) is 15.1 Å². The van der Waals surface area contributed by atoms with Crippen LogP contribution in [0.1, 0.15) is 10.5 Å². The Labute approximate surface area is 91.7 Å². The number of hydrogen-bond acceptors (Lipinski definition) is 4. The maximum Gasteiger partial charge on any atom is 0.358 e. The maximum atomic E-state index is 11.1. The van der Waals surface area contributed by atoms with Crippen molar-refractivity contribution in [2.75, 3.05) is 12.8 Å². The molecule has 0 aliphatic rings. The fourth-order valence-electron chi connectivity index (χ4n) is 0.741. The number of pyridine rings is 1. The number of methoxy groups -OCH3 is 1. The highest BCUT2D eigenvalue weighted by atomic mass is 79.9. The van der Waals surface area contributed by atoms with Gasteiger partial charge < -0.3 is 10.5 Å². The molecule has 0 fully saturated rings. The molecule has 1 aromatic rings. The Bertz CT molecular complexity index is 355. The molecule has 0 aromatic carbocycles. The maximum absolute atomic E-state index is 11.1. The van der Waals surface area contributed by atoms with Gasteiger partial charge in [-0.3, -0.25) is 0 Å². The van der Waals surface area contributed by atoms with Crippen LogP contribution in [0, 0.1) is 0 Å². The number of aromatic nitrogens is 1. The van der Waals surface area contributed by atoms with E-state index in [2.05, 4.69) is 41.6 Å². The summed E-state index contributed by atoms with van der Waals surface area (Å²) in [4.78, 5) is 15.0. The molecule has 2 N–H and O–H groups in total. The summed E-state index contributed by atoms with van der Waals surface area (Å²) >= 11 is 6.37. The van der Waals surface area contributed by atoms with Crippen molar-refractivity contribution in [1.29, 1.82) is 0 Å². The van der Waals surface area contributed by atoms with Gasteiger partial charge in [-0.05, 0) is 37.9 Å². The van der Waals surface area contributed by atoms with E-state index in [9.17, 15) is 4.79 Å². The van der Waals surface area contributed by atoms with Crippen LogP contribution in [-0.4, -0.2) is 18.1 Å². The topological polar surface area (TPSA) is 65.2 Å². The molecule has 13 heavy (non-hydrogen) atoms. The standard InChI is InChI=1S/C7H6Br2N2O2/c1-13-7(12)5-4(10)2-3(8)6(9)11-5/h2H,10H2,1H3. The third kappa shape index (κ3) is 2.19. The minimum Gasteiger partial charge on any atom is -0.464 e. The lowest BCUT2D eigenvalue weighted by Gasteiger charge is -2.04. The zero-order valence-corrected chi connectivity index (χ0v) is 9.85. The number of rotatable bonds is 1. The number of anilines is 1. The van der Waals surface area contributed by atoms with E-state index in [4.69, 9.17) is 5.73 Å². The average molecular weight is 310 g/mol. The zero-order chi connectivity index (χ0) is 10.0. The number of nitrogens with zero attached hydrogens (tertiary/aromatic N) is 1. The first-order chi connectivity index (χ1) is 6.06. The Morgan fingerprint density at radius 1 is 1.62 bits per heavy atom. The van der Waals surface area contributed by atoms with Gasteiger partial charge >= 0.3 is 5.97 Å². The highest BCUT2D eigenvalue weighted by Gasteiger charge is 2.13. The van der Waals surface area contributed by atoms with Gasteiger partial charge in [0.1, 0.15) is 4.60 Å². The van der Waals surface area contributed by atoms with Crippen molar-refractivity contribution < 1.29 is 9.53 Å². The van der Waals surface area contributed by atoms with Gasteiger partial charge in [0, 0.05) is 0 Å². The molecule has 0 spiro atoms. The number of ether oxygens (including phenoxy) is 1. The minimum absolute atomic E-state index is 0.109. The minimum atomic E-state index is -0.550. The van der Waals surface area contributed by atoms with Crippen molar-refractivity contribution in [3.05, 3.63) is 20.8 Å². The molecule has 0 aliphatic carbocycles. The third-order valence-corrected chi connectivity index (χ3v) is 3.08. The van der Waals surface area contributed by atoms with Crippen molar-refractivity contribution >= 4 is 43.5 Å². The Balaban J connectivity index is 3.23. The van der Waals surface area contributed by atoms with Gasteiger partial charge in [0.25, 0.3) is 0 Å². The molecule has 0 bridgehead atoms. The number of hydrogen-bond donors (Lipinski definition) is 1. The molecule has 0 unspecified atom stereocenters. The summed E-state index contributed by atoms with van der Waals surface area (Å²) in [5, 5.41) is 0. The lowest BCUT2D eigenvalue weighted by molar-refractivity contribution is 0.0595. The molecular weight excluding hydrogens is 304 g/mol. The van der Waals surface area contributed by atoms with Gasteiger partial charge in [0.15, 0.2) is 5.69 Å². The van der Waals surface area contributed by atoms with Crippen LogP contribution >= 0.6 is 31.9 Å². The lowest BCUT2D eigenvalue weighted by atomic mass is 10.3. The number of nitrogen functional groups attached to an aromatic ring is 1. The molecule has 0 saturated carbocycles. The summed E-state index contributed by atoms with van der Waals surface area (Å²) < 4.78 is 5.70. The molecule has 0 saturated heterocycles. The normalized spacial score (nSPS) is 9.77. The molecular formula is C7H6Br2N2O2.